The number of anilines is 1. The van der Waals surface area contributed by atoms with Gasteiger partial charge < -0.3 is 19.5 Å². The molecule has 2 aromatic carbocycles. The zero-order valence-electron chi connectivity index (χ0n) is 14.1. The van der Waals surface area contributed by atoms with Gasteiger partial charge in [0, 0.05) is 11.6 Å². The molecule has 0 radical (unpaired) electrons. The number of carbonyl (C=O) groups is 1. The van der Waals surface area contributed by atoms with Crippen LogP contribution in [-0.4, -0.2) is 17.7 Å². The molecule has 7 heteroatoms. The van der Waals surface area contributed by atoms with E-state index in [-0.39, 0.29) is 12.7 Å². The number of nitrogens with zero attached hydrogens (tertiary/aromatic N) is 1. The standard InChI is InChI=1S/C20H15ClN2O4/c21-16-8-14(9-17-19(16)27-12-26-17)20(24)23-15-6-7-18(22-10-15)25-11-13-4-2-1-3-5-13/h1-10H,11-12H2,(H,23,24). The van der Waals surface area contributed by atoms with Crippen LogP contribution in [0, 0.1) is 0 Å². The highest BCUT2D eigenvalue weighted by Gasteiger charge is 2.20. The fourth-order valence-electron chi connectivity index (χ4n) is 2.57. The van der Waals surface area contributed by atoms with E-state index in [1.165, 1.54) is 12.3 Å². The lowest BCUT2D eigenvalue weighted by Crippen LogP contribution is -2.12. The van der Waals surface area contributed by atoms with Gasteiger partial charge in [-0.2, -0.15) is 0 Å². The Kier molecular flexibility index (Phi) is 4.80. The molecule has 1 N–H and O–H groups in total. The monoisotopic (exact) mass is 382 g/mol. The molecule has 1 amide bonds. The minimum atomic E-state index is -0.324. The molecule has 0 saturated heterocycles. The largest absolute Gasteiger partial charge is 0.473 e. The summed E-state index contributed by atoms with van der Waals surface area (Å²) in [6.45, 7) is 0.518. The lowest BCUT2D eigenvalue weighted by Gasteiger charge is -2.08. The summed E-state index contributed by atoms with van der Waals surface area (Å²) in [4.78, 5) is 16.6. The molecule has 0 aliphatic carbocycles. The van der Waals surface area contributed by atoms with Crippen LogP contribution in [0.1, 0.15) is 15.9 Å². The van der Waals surface area contributed by atoms with Crippen LogP contribution in [0.3, 0.4) is 0 Å². The highest BCUT2D eigenvalue weighted by molar-refractivity contribution is 6.32. The van der Waals surface area contributed by atoms with Crippen LogP contribution in [-0.2, 0) is 6.61 Å². The maximum Gasteiger partial charge on any atom is 0.255 e. The average Bonchev–Trinajstić information content (AvgIpc) is 3.17. The summed E-state index contributed by atoms with van der Waals surface area (Å²) in [5.41, 5.74) is 1.96. The van der Waals surface area contributed by atoms with Crippen molar-refractivity contribution in [2.24, 2.45) is 0 Å². The SMILES string of the molecule is O=C(Nc1ccc(OCc2ccccc2)nc1)c1cc(Cl)c2c(c1)OCO2. The Morgan fingerprint density at radius 1 is 1.15 bits per heavy atom. The van der Waals surface area contributed by atoms with Crippen LogP contribution in [0.2, 0.25) is 5.02 Å². The van der Waals surface area contributed by atoms with E-state index in [0.29, 0.717) is 40.3 Å². The first-order valence-corrected chi connectivity index (χ1v) is 8.60. The first kappa shape index (κ1) is 17.2. The number of pyridine rings is 1. The third kappa shape index (κ3) is 3.96. The zero-order chi connectivity index (χ0) is 18.6. The molecular weight excluding hydrogens is 368 g/mol. The second-order valence-electron chi connectivity index (χ2n) is 5.81. The number of aromatic nitrogens is 1. The number of benzene rings is 2. The molecule has 0 saturated carbocycles. The molecule has 0 unspecified atom stereocenters. The number of amides is 1. The molecule has 1 aliphatic heterocycles. The maximum absolute atomic E-state index is 12.4. The van der Waals surface area contributed by atoms with Crippen molar-refractivity contribution in [2.75, 3.05) is 12.1 Å². The number of rotatable bonds is 5. The number of fused-ring (bicyclic) bond motifs is 1. The number of ether oxygens (including phenoxy) is 3. The predicted octanol–water partition coefficient (Wildman–Crippen LogP) is 4.30. The Morgan fingerprint density at radius 3 is 2.78 bits per heavy atom. The normalized spacial score (nSPS) is 11.9. The topological polar surface area (TPSA) is 69.7 Å². The van der Waals surface area contributed by atoms with Gasteiger partial charge in [0.15, 0.2) is 11.5 Å². The molecule has 0 spiro atoms. The fourth-order valence-corrected chi connectivity index (χ4v) is 2.84. The van der Waals surface area contributed by atoms with Crippen molar-refractivity contribution in [3.05, 3.63) is 76.9 Å². The minimum absolute atomic E-state index is 0.0918. The summed E-state index contributed by atoms with van der Waals surface area (Å²) in [5.74, 6) is 1.06. The highest BCUT2D eigenvalue weighted by Crippen LogP contribution is 2.39. The van der Waals surface area contributed by atoms with Crippen LogP contribution in [0.5, 0.6) is 17.4 Å². The maximum atomic E-state index is 12.4. The van der Waals surface area contributed by atoms with Gasteiger partial charge in [0.2, 0.25) is 12.7 Å². The summed E-state index contributed by atoms with van der Waals surface area (Å²) in [6, 6.07) is 16.4. The Balaban J connectivity index is 1.39. The fraction of sp³-hybridized carbons (Fsp3) is 0.100. The quantitative estimate of drug-likeness (QED) is 0.712. The van der Waals surface area contributed by atoms with Crippen molar-refractivity contribution in [3.8, 4) is 17.4 Å². The molecule has 27 heavy (non-hydrogen) atoms. The number of halogens is 1. The summed E-state index contributed by atoms with van der Waals surface area (Å²) in [7, 11) is 0. The van der Waals surface area contributed by atoms with E-state index in [0.717, 1.165) is 5.56 Å². The third-order valence-corrected chi connectivity index (χ3v) is 4.19. The Hall–Kier alpha value is -3.25. The molecular formula is C20H15ClN2O4. The van der Waals surface area contributed by atoms with Gasteiger partial charge in [-0.3, -0.25) is 4.79 Å². The van der Waals surface area contributed by atoms with Gasteiger partial charge in [0.05, 0.1) is 16.9 Å². The molecule has 0 atom stereocenters. The zero-order valence-corrected chi connectivity index (χ0v) is 14.9. The van der Waals surface area contributed by atoms with Crippen molar-refractivity contribution in [1.29, 1.82) is 0 Å². The van der Waals surface area contributed by atoms with Gasteiger partial charge in [-0.15, -0.1) is 0 Å². The molecule has 136 valence electrons. The van der Waals surface area contributed by atoms with Crippen molar-refractivity contribution < 1.29 is 19.0 Å². The Morgan fingerprint density at radius 2 is 2.00 bits per heavy atom. The summed E-state index contributed by atoms with van der Waals surface area (Å²) >= 11 is 6.11. The van der Waals surface area contributed by atoms with E-state index in [1.807, 2.05) is 30.3 Å². The lowest BCUT2D eigenvalue weighted by atomic mass is 10.2. The molecule has 3 aromatic rings. The second kappa shape index (κ2) is 7.55. The van der Waals surface area contributed by atoms with Crippen molar-refractivity contribution in [1.82, 2.24) is 4.98 Å². The first-order valence-electron chi connectivity index (χ1n) is 8.22. The van der Waals surface area contributed by atoms with Crippen LogP contribution >= 0.6 is 11.6 Å². The van der Waals surface area contributed by atoms with Crippen LogP contribution in [0.15, 0.2) is 60.8 Å². The Labute approximate surface area is 160 Å². The number of carbonyl (C=O) groups excluding carboxylic acids is 1. The van der Waals surface area contributed by atoms with Gasteiger partial charge in [-0.05, 0) is 23.8 Å². The molecule has 1 aromatic heterocycles. The van der Waals surface area contributed by atoms with E-state index in [4.69, 9.17) is 25.8 Å². The predicted molar refractivity (Wildman–Crippen MR) is 101 cm³/mol. The van der Waals surface area contributed by atoms with Crippen LogP contribution in [0.25, 0.3) is 0 Å². The molecule has 4 rings (SSSR count). The van der Waals surface area contributed by atoms with Crippen molar-refractivity contribution in [2.45, 2.75) is 6.61 Å². The molecule has 1 aliphatic rings. The Bertz CT molecular complexity index is 962. The van der Waals surface area contributed by atoms with Crippen LogP contribution < -0.4 is 19.5 Å². The highest BCUT2D eigenvalue weighted by atomic mass is 35.5. The third-order valence-electron chi connectivity index (χ3n) is 3.91. The number of hydrogen-bond acceptors (Lipinski definition) is 5. The van der Waals surface area contributed by atoms with E-state index in [2.05, 4.69) is 10.3 Å². The lowest BCUT2D eigenvalue weighted by molar-refractivity contribution is 0.102. The number of nitrogens with one attached hydrogen (secondary N) is 1. The van der Waals surface area contributed by atoms with E-state index >= 15 is 0 Å². The second-order valence-corrected chi connectivity index (χ2v) is 6.21. The number of hydrogen-bond donors (Lipinski definition) is 1. The van der Waals surface area contributed by atoms with Gasteiger partial charge in [0.25, 0.3) is 5.91 Å². The van der Waals surface area contributed by atoms with E-state index in [9.17, 15) is 4.79 Å². The van der Waals surface area contributed by atoms with Crippen molar-refractivity contribution >= 4 is 23.2 Å². The summed E-state index contributed by atoms with van der Waals surface area (Å²) < 4.78 is 16.2. The van der Waals surface area contributed by atoms with Gasteiger partial charge in [0.1, 0.15) is 6.61 Å². The van der Waals surface area contributed by atoms with Crippen LogP contribution in [0.4, 0.5) is 5.69 Å². The van der Waals surface area contributed by atoms with E-state index < -0.39 is 0 Å². The first-order chi connectivity index (χ1) is 13.2. The molecule has 2 heterocycles. The molecule has 6 nitrogen and oxygen atoms in total. The van der Waals surface area contributed by atoms with Crippen molar-refractivity contribution in [3.63, 3.8) is 0 Å². The minimum Gasteiger partial charge on any atom is -0.473 e. The van der Waals surface area contributed by atoms with E-state index in [1.54, 1.807) is 18.2 Å². The smallest absolute Gasteiger partial charge is 0.255 e. The summed E-state index contributed by atoms with van der Waals surface area (Å²) in [6.07, 6.45) is 1.53. The summed E-state index contributed by atoms with van der Waals surface area (Å²) in [5, 5.41) is 3.10. The van der Waals surface area contributed by atoms with Gasteiger partial charge >= 0.3 is 0 Å². The molecule has 0 fully saturated rings. The molecule has 0 bridgehead atoms. The average molecular weight is 383 g/mol. The van der Waals surface area contributed by atoms with Gasteiger partial charge in [-0.25, -0.2) is 4.98 Å². The van der Waals surface area contributed by atoms with Gasteiger partial charge in [-0.1, -0.05) is 41.9 Å².